The molecular weight excluding hydrogens is 244 g/mol. The van der Waals surface area contributed by atoms with Crippen LogP contribution in [0.25, 0.3) is 0 Å². The predicted molar refractivity (Wildman–Crippen MR) is 59.9 cm³/mol. The Labute approximate surface area is 103 Å². The van der Waals surface area contributed by atoms with Crippen molar-refractivity contribution in [2.75, 3.05) is 13.7 Å². The fourth-order valence-corrected chi connectivity index (χ4v) is 0.831. The van der Waals surface area contributed by atoms with Crippen molar-refractivity contribution in [3.8, 4) is 0 Å². The highest BCUT2D eigenvalue weighted by Gasteiger charge is 2.25. The second kappa shape index (κ2) is 8.02. The average molecular weight is 258 g/mol. The molecule has 0 aromatic heterocycles. The van der Waals surface area contributed by atoms with E-state index in [2.05, 4.69) is 11.3 Å². The minimum Gasteiger partial charge on any atom is -0.478 e. The van der Waals surface area contributed by atoms with E-state index in [-0.39, 0.29) is 12.1 Å². The lowest BCUT2D eigenvalue weighted by atomic mass is 10.2. The number of carboxylic acid groups (broad SMARTS) is 2. The molecule has 0 aromatic rings. The van der Waals surface area contributed by atoms with Crippen molar-refractivity contribution in [2.24, 2.45) is 0 Å². The maximum Gasteiger partial charge on any atom is 0.333 e. The third-order valence-electron chi connectivity index (χ3n) is 1.72. The molecule has 1 fully saturated rings. The van der Waals surface area contributed by atoms with Gasteiger partial charge in [-0.3, -0.25) is 0 Å². The molecule has 0 bridgehead atoms. The van der Waals surface area contributed by atoms with Crippen molar-refractivity contribution in [1.29, 1.82) is 0 Å². The Balaban J connectivity index is 0.000000331. The molecular formula is C11H14O7. The van der Waals surface area contributed by atoms with E-state index in [0.717, 1.165) is 6.61 Å². The first-order chi connectivity index (χ1) is 8.36. The number of carbonyl (C=O) groups is 3. The Kier molecular flexibility index (Phi) is 7.06. The first-order valence-corrected chi connectivity index (χ1v) is 4.88. The van der Waals surface area contributed by atoms with Gasteiger partial charge in [-0.25, -0.2) is 14.4 Å². The van der Waals surface area contributed by atoms with Gasteiger partial charge in [0.2, 0.25) is 0 Å². The summed E-state index contributed by atoms with van der Waals surface area (Å²) in [5.41, 5.74) is 0.491. The van der Waals surface area contributed by atoms with Gasteiger partial charge >= 0.3 is 17.9 Å². The molecule has 1 unspecified atom stereocenters. The largest absolute Gasteiger partial charge is 0.478 e. The second-order valence-electron chi connectivity index (χ2n) is 3.26. The lowest BCUT2D eigenvalue weighted by molar-refractivity contribution is -0.136. The number of carbonyl (C=O) groups excluding carboxylic acids is 1. The molecule has 1 atom stereocenters. The Morgan fingerprint density at radius 1 is 1.33 bits per heavy atom. The van der Waals surface area contributed by atoms with E-state index in [0.29, 0.717) is 24.1 Å². The summed E-state index contributed by atoms with van der Waals surface area (Å²) in [7, 11) is 1.35. The molecule has 0 amide bonds. The van der Waals surface area contributed by atoms with E-state index in [1.165, 1.54) is 7.11 Å². The molecule has 0 saturated carbocycles. The van der Waals surface area contributed by atoms with Crippen LogP contribution in [0.2, 0.25) is 0 Å². The molecule has 7 heteroatoms. The molecule has 1 aliphatic rings. The molecule has 0 aliphatic carbocycles. The summed E-state index contributed by atoms with van der Waals surface area (Å²) in [4.78, 5) is 29.8. The molecule has 1 rings (SSSR count). The van der Waals surface area contributed by atoms with Crippen LogP contribution >= 0.6 is 0 Å². The highest BCUT2D eigenvalue weighted by Crippen LogP contribution is 2.18. The maximum absolute atomic E-state index is 10.7. The van der Waals surface area contributed by atoms with Crippen molar-refractivity contribution in [2.45, 2.75) is 12.5 Å². The van der Waals surface area contributed by atoms with Gasteiger partial charge in [0.1, 0.15) is 0 Å². The van der Waals surface area contributed by atoms with Crippen LogP contribution in [0.5, 0.6) is 0 Å². The van der Waals surface area contributed by atoms with Crippen molar-refractivity contribution in [1.82, 2.24) is 0 Å². The van der Waals surface area contributed by atoms with E-state index in [4.69, 9.17) is 14.9 Å². The Hall–Kier alpha value is -2.15. The van der Waals surface area contributed by atoms with Crippen molar-refractivity contribution >= 4 is 17.9 Å². The first kappa shape index (κ1) is 15.9. The lowest BCUT2D eigenvalue weighted by Crippen LogP contribution is -2.05. The Morgan fingerprint density at radius 3 is 2.06 bits per heavy atom. The number of carboxylic acids is 2. The van der Waals surface area contributed by atoms with Crippen LogP contribution in [-0.2, 0) is 23.9 Å². The van der Waals surface area contributed by atoms with Crippen LogP contribution in [0, 0.1) is 0 Å². The fourth-order valence-electron chi connectivity index (χ4n) is 0.831. The molecule has 1 aliphatic heterocycles. The molecule has 0 spiro atoms. The summed E-state index contributed by atoms with van der Waals surface area (Å²) < 4.78 is 9.35. The van der Waals surface area contributed by atoms with E-state index in [1.807, 2.05) is 0 Å². The van der Waals surface area contributed by atoms with Crippen LogP contribution in [0.3, 0.4) is 0 Å². The van der Waals surface area contributed by atoms with Crippen LogP contribution in [0.4, 0.5) is 0 Å². The Bertz CT molecular complexity index is 350. The molecule has 0 radical (unpaired) electrons. The first-order valence-electron chi connectivity index (χ1n) is 4.88. The quantitative estimate of drug-likeness (QED) is 0.411. The number of ether oxygens (including phenoxy) is 2. The molecule has 2 N–H and O–H groups in total. The molecule has 1 heterocycles. The van der Waals surface area contributed by atoms with E-state index >= 15 is 0 Å². The standard InChI is InChI=1S/C7H10O3.C4H4O4/c1-5(7(8)9-2)3-6-4-10-6;5-3(6)1-2-4(7)8/h6H,1,3-4H2,2H3;1-2H,(H,5,6)(H,7,8)/b;2-1-. The van der Waals surface area contributed by atoms with Gasteiger partial charge in [0, 0.05) is 24.1 Å². The number of aliphatic carboxylic acids is 2. The predicted octanol–water partition coefficient (Wildman–Crippen LogP) is 0.216. The number of hydrogen-bond donors (Lipinski definition) is 2. The summed E-state index contributed by atoms with van der Waals surface area (Å²) >= 11 is 0. The van der Waals surface area contributed by atoms with E-state index < -0.39 is 11.9 Å². The number of esters is 1. The van der Waals surface area contributed by atoms with E-state index in [1.54, 1.807) is 0 Å². The van der Waals surface area contributed by atoms with Gasteiger partial charge in [0.05, 0.1) is 19.8 Å². The summed E-state index contributed by atoms with van der Waals surface area (Å²) in [6, 6.07) is 0. The van der Waals surface area contributed by atoms with Crippen LogP contribution < -0.4 is 0 Å². The fraction of sp³-hybridized carbons (Fsp3) is 0.364. The summed E-state index contributed by atoms with van der Waals surface area (Å²) in [6.45, 7) is 4.30. The molecule has 1 saturated heterocycles. The molecule has 100 valence electrons. The lowest BCUT2D eigenvalue weighted by Gasteiger charge is -1.98. The van der Waals surface area contributed by atoms with Crippen molar-refractivity contribution < 1.29 is 34.1 Å². The summed E-state index contributed by atoms with van der Waals surface area (Å²) in [6.07, 6.45) is 1.93. The second-order valence-corrected chi connectivity index (χ2v) is 3.26. The van der Waals surface area contributed by atoms with Gasteiger partial charge in [-0.1, -0.05) is 6.58 Å². The highest BCUT2D eigenvalue weighted by atomic mass is 16.6. The van der Waals surface area contributed by atoms with Gasteiger partial charge in [-0.2, -0.15) is 0 Å². The number of methoxy groups -OCH3 is 1. The van der Waals surface area contributed by atoms with Crippen molar-refractivity contribution in [3.63, 3.8) is 0 Å². The van der Waals surface area contributed by atoms with Gasteiger partial charge < -0.3 is 19.7 Å². The minimum atomic E-state index is -1.26. The summed E-state index contributed by atoms with van der Waals surface area (Å²) in [5.74, 6) is -2.85. The number of hydrogen-bond acceptors (Lipinski definition) is 5. The van der Waals surface area contributed by atoms with Gasteiger partial charge in [-0.15, -0.1) is 0 Å². The van der Waals surface area contributed by atoms with Gasteiger partial charge in [0.15, 0.2) is 0 Å². The topological polar surface area (TPSA) is 113 Å². The maximum atomic E-state index is 10.7. The SMILES string of the molecule is C=C(CC1CO1)C(=O)OC.O=C(O)/C=C\C(=O)O. The van der Waals surface area contributed by atoms with Crippen LogP contribution in [0.15, 0.2) is 24.3 Å². The summed E-state index contributed by atoms with van der Waals surface area (Å²) in [5, 5.41) is 15.6. The zero-order valence-corrected chi connectivity index (χ0v) is 9.79. The van der Waals surface area contributed by atoms with Crippen LogP contribution in [0.1, 0.15) is 6.42 Å². The zero-order valence-electron chi connectivity index (χ0n) is 9.79. The minimum absolute atomic E-state index is 0.214. The van der Waals surface area contributed by atoms with Crippen molar-refractivity contribution in [3.05, 3.63) is 24.3 Å². The zero-order chi connectivity index (χ0) is 14.1. The third-order valence-corrected chi connectivity index (χ3v) is 1.72. The molecule has 7 nitrogen and oxygen atoms in total. The molecule has 18 heavy (non-hydrogen) atoms. The number of epoxide rings is 1. The smallest absolute Gasteiger partial charge is 0.333 e. The van der Waals surface area contributed by atoms with Gasteiger partial charge in [-0.05, 0) is 0 Å². The highest BCUT2D eigenvalue weighted by molar-refractivity contribution is 5.89. The van der Waals surface area contributed by atoms with Gasteiger partial charge in [0.25, 0.3) is 0 Å². The Morgan fingerprint density at radius 2 is 1.78 bits per heavy atom. The average Bonchev–Trinajstić information content (AvgIpc) is 3.10. The monoisotopic (exact) mass is 258 g/mol. The number of rotatable bonds is 5. The third kappa shape index (κ3) is 9.10. The van der Waals surface area contributed by atoms with Crippen LogP contribution in [-0.4, -0.2) is 47.9 Å². The molecule has 0 aromatic carbocycles. The van der Waals surface area contributed by atoms with E-state index in [9.17, 15) is 14.4 Å². The normalized spacial score (nSPS) is 16.4.